The summed E-state index contributed by atoms with van der Waals surface area (Å²) in [7, 11) is 0. The van der Waals surface area contributed by atoms with Crippen LogP contribution in [0.2, 0.25) is 5.02 Å². The Balaban J connectivity index is 2.10. The summed E-state index contributed by atoms with van der Waals surface area (Å²) in [6, 6.07) is 11.7. The molecular formula is C18H15ClN3O3-. The number of aromatic carboxylic acids is 1. The lowest BCUT2D eigenvalue weighted by Gasteiger charge is -2.10. The number of carboxylic acids is 1. The molecule has 3 rings (SSSR count). The third-order valence-corrected chi connectivity index (χ3v) is 4.14. The molecule has 0 radical (unpaired) electrons. The van der Waals surface area contributed by atoms with E-state index in [-0.39, 0.29) is 22.5 Å². The van der Waals surface area contributed by atoms with Crippen molar-refractivity contribution in [1.82, 2.24) is 4.57 Å². The van der Waals surface area contributed by atoms with E-state index >= 15 is 0 Å². The zero-order chi connectivity index (χ0) is 18.1. The number of halogens is 1. The Labute approximate surface area is 149 Å². The average molecular weight is 357 g/mol. The topological polar surface area (TPSA) is 90.0 Å². The van der Waals surface area contributed by atoms with E-state index in [1.54, 1.807) is 4.57 Å². The maximum atomic E-state index is 11.0. The van der Waals surface area contributed by atoms with Crippen LogP contribution in [0.15, 0.2) is 52.7 Å². The molecule has 1 heterocycles. The molecule has 25 heavy (non-hydrogen) atoms. The van der Waals surface area contributed by atoms with E-state index in [0.717, 1.165) is 10.9 Å². The van der Waals surface area contributed by atoms with Gasteiger partial charge in [0.05, 0.1) is 17.2 Å². The van der Waals surface area contributed by atoms with E-state index in [2.05, 4.69) is 10.2 Å². The van der Waals surface area contributed by atoms with Crippen LogP contribution in [0.4, 0.5) is 11.4 Å². The fourth-order valence-electron chi connectivity index (χ4n) is 2.69. The standard InChI is InChI=1S/C18H16ClN3O3/c1-10(2)22-15-6-4-3-5-12(15)16(17(22)23)21-20-11-7-8-14(19)13(9-11)18(24)25/h3-10,23H,1-2H3,(H,24,25)/p-1. The zero-order valence-electron chi connectivity index (χ0n) is 13.6. The van der Waals surface area contributed by atoms with Crippen molar-refractivity contribution >= 4 is 39.8 Å². The van der Waals surface area contributed by atoms with Crippen LogP contribution in [-0.2, 0) is 0 Å². The van der Waals surface area contributed by atoms with E-state index in [1.165, 1.54) is 18.2 Å². The molecule has 0 saturated heterocycles. The summed E-state index contributed by atoms with van der Waals surface area (Å²) < 4.78 is 1.76. The van der Waals surface area contributed by atoms with Gasteiger partial charge in [-0.15, -0.1) is 5.11 Å². The minimum Gasteiger partial charge on any atom is -0.545 e. The highest BCUT2D eigenvalue weighted by molar-refractivity contribution is 6.33. The second kappa shape index (κ2) is 6.57. The first-order valence-electron chi connectivity index (χ1n) is 7.64. The lowest BCUT2D eigenvalue weighted by molar-refractivity contribution is -0.255. The number of rotatable bonds is 4. The monoisotopic (exact) mass is 356 g/mol. The van der Waals surface area contributed by atoms with E-state index in [4.69, 9.17) is 11.6 Å². The number of aromatic hydroxyl groups is 1. The molecule has 0 aliphatic rings. The summed E-state index contributed by atoms with van der Waals surface area (Å²) in [5.41, 5.74) is 1.31. The number of hydrogen-bond acceptors (Lipinski definition) is 5. The minimum atomic E-state index is -1.39. The fourth-order valence-corrected chi connectivity index (χ4v) is 2.89. The SMILES string of the molecule is CC(C)n1c(O)c(N=Nc2ccc(Cl)c(C(=O)[O-])c2)c2ccccc21. The van der Waals surface area contributed by atoms with E-state index in [1.807, 2.05) is 38.1 Å². The third-order valence-electron chi connectivity index (χ3n) is 3.81. The van der Waals surface area contributed by atoms with Crippen LogP contribution in [0.5, 0.6) is 5.88 Å². The first kappa shape index (κ1) is 17.0. The van der Waals surface area contributed by atoms with Gasteiger partial charge in [-0.05, 0) is 38.1 Å². The van der Waals surface area contributed by atoms with Crippen LogP contribution >= 0.6 is 11.6 Å². The van der Waals surface area contributed by atoms with Crippen LogP contribution in [0, 0.1) is 0 Å². The number of carboxylic acid groups (broad SMARTS) is 1. The van der Waals surface area contributed by atoms with E-state index in [0.29, 0.717) is 11.4 Å². The lowest BCUT2D eigenvalue weighted by atomic mass is 10.2. The molecular weight excluding hydrogens is 342 g/mol. The molecule has 0 spiro atoms. The van der Waals surface area contributed by atoms with Crippen molar-refractivity contribution < 1.29 is 15.0 Å². The quantitative estimate of drug-likeness (QED) is 0.704. The van der Waals surface area contributed by atoms with Crippen molar-refractivity contribution in [2.45, 2.75) is 19.9 Å². The molecule has 7 heteroatoms. The van der Waals surface area contributed by atoms with Gasteiger partial charge in [-0.2, -0.15) is 5.11 Å². The van der Waals surface area contributed by atoms with E-state index in [9.17, 15) is 15.0 Å². The molecule has 1 N–H and O–H groups in total. The summed E-state index contributed by atoms with van der Waals surface area (Å²) in [5, 5.41) is 30.6. The predicted octanol–water partition coefficient (Wildman–Crippen LogP) is 4.36. The molecule has 1 aromatic heterocycles. The van der Waals surface area contributed by atoms with Gasteiger partial charge in [0, 0.05) is 22.0 Å². The van der Waals surface area contributed by atoms with Gasteiger partial charge in [0.15, 0.2) is 5.69 Å². The molecule has 0 unspecified atom stereocenters. The number of carbonyl (C=O) groups is 1. The van der Waals surface area contributed by atoms with Crippen molar-refractivity contribution in [3.05, 3.63) is 53.1 Å². The Kier molecular flexibility index (Phi) is 4.46. The van der Waals surface area contributed by atoms with Crippen molar-refractivity contribution in [2.24, 2.45) is 10.2 Å². The zero-order valence-corrected chi connectivity index (χ0v) is 14.4. The molecule has 0 fully saturated rings. The first-order chi connectivity index (χ1) is 11.9. The smallest absolute Gasteiger partial charge is 0.221 e. The molecule has 0 saturated carbocycles. The fraction of sp³-hybridized carbons (Fsp3) is 0.167. The van der Waals surface area contributed by atoms with Crippen molar-refractivity contribution in [3.63, 3.8) is 0 Å². The molecule has 0 atom stereocenters. The Morgan fingerprint density at radius 3 is 2.60 bits per heavy atom. The summed E-state index contributed by atoms with van der Waals surface area (Å²) in [5.74, 6) is -1.38. The van der Waals surface area contributed by atoms with Crippen molar-refractivity contribution in [3.8, 4) is 5.88 Å². The van der Waals surface area contributed by atoms with Crippen LogP contribution < -0.4 is 5.11 Å². The average Bonchev–Trinajstić information content (AvgIpc) is 2.85. The Bertz CT molecular complexity index is 993. The van der Waals surface area contributed by atoms with Gasteiger partial charge in [0.25, 0.3) is 0 Å². The predicted molar refractivity (Wildman–Crippen MR) is 93.9 cm³/mol. The van der Waals surface area contributed by atoms with Gasteiger partial charge >= 0.3 is 0 Å². The first-order valence-corrected chi connectivity index (χ1v) is 8.02. The molecule has 3 aromatic rings. The summed E-state index contributed by atoms with van der Waals surface area (Å²) in [4.78, 5) is 11.0. The molecule has 0 bridgehead atoms. The number of aromatic nitrogens is 1. The highest BCUT2D eigenvalue weighted by Gasteiger charge is 2.18. The summed E-state index contributed by atoms with van der Waals surface area (Å²) in [6.45, 7) is 3.91. The van der Waals surface area contributed by atoms with Gasteiger partial charge in [-0.25, -0.2) is 0 Å². The second-order valence-electron chi connectivity index (χ2n) is 5.80. The van der Waals surface area contributed by atoms with Crippen molar-refractivity contribution in [2.75, 3.05) is 0 Å². The van der Waals surface area contributed by atoms with Crippen LogP contribution in [0.25, 0.3) is 10.9 Å². The summed E-state index contributed by atoms with van der Waals surface area (Å²) >= 11 is 5.81. The van der Waals surface area contributed by atoms with Gasteiger partial charge in [0.1, 0.15) is 0 Å². The largest absolute Gasteiger partial charge is 0.545 e. The van der Waals surface area contributed by atoms with Crippen molar-refractivity contribution in [1.29, 1.82) is 0 Å². The van der Waals surface area contributed by atoms with Gasteiger partial charge < -0.3 is 19.6 Å². The molecule has 2 aromatic carbocycles. The maximum Gasteiger partial charge on any atom is 0.221 e. The number of benzene rings is 2. The van der Waals surface area contributed by atoms with Gasteiger partial charge in [-0.3, -0.25) is 0 Å². The number of fused-ring (bicyclic) bond motifs is 1. The highest BCUT2D eigenvalue weighted by Crippen LogP contribution is 2.41. The Morgan fingerprint density at radius 1 is 1.20 bits per heavy atom. The van der Waals surface area contributed by atoms with Gasteiger partial charge in [0.2, 0.25) is 5.88 Å². The molecule has 0 amide bonds. The third kappa shape index (κ3) is 3.08. The lowest BCUT2D eigenvalue weighted by Crippen LogP contribution is -2.22. The molecule has 128 valence electrons. The number of hydrogen-bond donors (Lipinski definition) is 1. The Hall–Kier alpha value is -2.86. The maximum absolute atomic E-state index is 11.0. The van der Waals surface area contributed by atoms with Crippen LogP contribution in [0.3, 0.4) is 0 Å². The number of nitrogens with zero attached hydrogens (tertiary/aromatic N) is 3. The molecule has 0 aliphatic heterocycles. The normalized spacial score (nSPS) is 11.7. The highest BCUT2D eigenvalue weighted by atomic mass is 35.5. The number of azo groups is 1. The Morgan fingerprint density at radius 2 is 1.92 bits per heavy atom. The second-order valence-corrected chi connectivity index (χ2v) is 6.21. The number of carbonyl (C=O) groups excluding carboxylic acids is 1. The number of para-hydroxylation sites is 1. The van der Waals surface area contributed by atoms with Gasteiger partial charge in [-0.1, -0.05) is 29.8 Å². The summed E-state index contributed by atoms with van der Waals surface area (Å²) in [6.07, 6.45) is 0. The molecule has 0 aliphatic carbocycles. The molecule has 6 nitrogen and oxygen atoms in total. The van der Waals surface area contributed by atoms with Crippen LogP contribution in [-0.4, -0.2) is 15.6 Å². The van der Waals surface area contributed by atoms with E-state index < -0.39 is 5.97 Å². The van der Waals surface area contributed by atoms with Crippen LogP contribution in [0.1, 0.15) is 30.2 Å². The minimum absolute atomic E-state index is 0.00837.